The third kappa shape index (κ3) is 3.59. The van der Waals surface area contributed by atoms with Crippen molar-refractivity contribution in [3.63, 3.8) is 0 Å². The molecular weight excluding hydrogens is 306 g/mol. The maximum absolute atomic E-state index is 12.2. The van der Waals surface area contributed by atoms with Crippen LogP contribution in [0.4, 0.5) is 4.79 Å². The Labute approximate surface area is 141 Å². The highest BCUT2D eigenvalue weighted by atomic mass is 16.6. The number of ether oxygens (including phenoxy) is 1. The number of imidazole rings is 1. The highest BCUT2D eigenvalue weighted by Gasteiger charge is 2.26. The molecule has 1 saturated heterocycles. The summed E-state index contributed by atoms with van der Waals surface area (Å²) in [5.74, 6) is 0.907. The van der Waals surface area contributed by atoms with Crippen molar-refractivity contribution in [2.45, 2.75) is 39.0 Å². The number of nitrogens with zero attached hydrogens (tertiary/aromatic N) is 3. The number of rotatable bonds is 4. The van der Waals surface area contributed by atoms with Gasteiger partial charge in [-0.1, -0.05) is 30.3 Å². The Morgan fingerprint density at radius 3 is 2.67 bits per heavy atom. The van der Waals surface area contributed by atoms with E-state index in [1.165, 1.54) is 0 Å². The molecule has 1 aliphatic heterocycles. The maximum atomic E-state index is 12.2. The van der Waals surface area contributed by atoms with Gasteiger partial charge in [-0.3, -0.25) is 0 Å². The van der Waals surface area contributed by atoms with E-state index in [0.717, 1.165) is 29.9 Å². The Hall–Kier alpha value is -2.34. The Balaban J connectivity index is 1.53. The molecule has 0 unspecified atom stereocenters. The number of aliphatic hydroxyl groups is 1. The van der Waals surface area contributed by atoms with Gasteiger partial charge in [-0.25, -0.2) is 9.78 Å². The predicted molar refractivity (Wildman–Crippen MR) is 89.4 cm³/mol. The van der Waals surface area contributed by atoms with Gasteiger partial charge in [-0.2, -0.15) is 0 Å². The van der Waals surface area contributed by atoms with E-state index >= 15 is 0 Å². The highest BCUT2D eigenvalue weighted by Crippen LogP contribution is 2.26. The maximum Gasteiger partial charge on any atom is 0.410 e. The summed E-state index contributed by atoms with van der Waals surface area (Å²) in [6, 6.07) is 9.96. The van der Waals surface area contributed by atoms with Crippen molar-refractivity contribution in [2.24, 2.45) is 0 Å². The lowest BCUT2D eigenvalue weighted by Crippen LogP contribution is -2.39. The summed E-state index contributed by atoms with van der Waals surface area (Å²) >= 11 is 0. The minimum atomic E-state index is -0.262. The molecule has 2 aromatic rings. The molecule has 0 saturated carbocycles. The molecule has 1 N–H and O–H groups in total. The van der Waals surface area contributed by atoms with Gasteiger partial charge in [0, 0.05) is 19.1 Å². The monoisotopic (exact) mass is 329 g/mol. The molecule has 0 bridgehead atoms. The zero-order valence-electron chi connectivity index (χ0n) is 13.9. The summed E-state index contributed by atoms with van der Waals surface area (Å²) in [5, 5.41) is 9.44. The lowest BCUT2D eigenvalue weighted by Gasteiger charge is -2.33. The fraction of sp³-hybridized carbons (Fsp3) is 0.444. The summed E-state index contributed by atoms with van der Waals surface area (Å²) in [5.41, 5.74) is 1.82. The third-order valence-electron chi connectivity index (χ3n) is 4.51. The standard InChI is InChI=1S/C18H23N3O3/c1-14-19-11-17(12-22)21(14)16-7-9-20(10-8-16)18(23)24-13-15-5-3-2-4-6-15/h2-6,11,16,22H,7-10,12-13H2,1H3. The lowest BCUT2D eigenvalue weighted by molar-refractivity contribution is 0.0824. The lowest BCUT2D eigenvalue weighted by atomic mass is 10.0. The van der Waals surface area contributed by atoms with Crippen LogP contribution in [0.25, 0.3) is 0 Å². The number of carbonyl (C=O) groups excluding carboxylic acids is 1. The number of benzene rings is 1. The second-order valence-electron chi connectivity index (χ2n) is 6.08. The number of hydrogen-bond donors (Lipinski definition) is 1. The predicted octanol–water partition coefficient (Wildman–Crippen LogP) is 2.66. The van der Waals surface area contributed by atoms with Crippen LogP contribution < -0.4 is 0 Å². The van der Waals surface area contributed by atoms with Crippen LogP contribution in [-0.2, 0) is 18.0 Å². The van der Waals surface area contributed by atoms with Crippen molar-refractivity contribution in [2.75, 3.05) is 13.1 Å². The van der Waals surface area contributed by atoms with E-state index in [1.54, 1.807) is 11.1 Å². The molecule has 128 valence electrons. The topological polar surface area (TPSA) is 67.6 Å². The first-order chi connectivity index (χ1) is 11.7. The van der Waals surface area contributed by atoms with Gasteiger partial charge < -0.3 is 19.3 Å². The van der Waals surface area contributed by atoms with Crippen LogP contribution in [0, 0.1) is 6.92 Å². The first-order valence-corrected chi connectivity index (χ1v) is 8.28. The van der Waals surface area contributed by atoms with Crippen LogP contribution in [0.5, 0.6) is 0 Å². The quantitative estimate of drug-likeness (QED) is 0.936. The Morgan fingerprint density at radius 2 is 2.00 bits per heavy atom. The molecule has 0 aliphatic carbocycles. The molecule has 3 rings (SSSR count). The Bertz CT molecular complexity index is 676. The zero-order chi connectivity index (χ0) is 16.9. The molecule has 24 heavy (non-hydrogen) atoms. The summed E-state index contributed by atoms with van der Waals surface area (Å²) in [6.45, 7) is 3.54. The smallest absolute Gasteiger partial charge is 0.410 e. The van der Waals surface area contributed by atoms with E-state index in [9.17, 15) is 9.90 Å². The number of aryl methyl sites for hydroxylation is 1. The minimum Gasteiger partial charge on any atom is -0.445 e. The molecule has 6 nitrogen and oxygen atoms in total. The average molecular weight is 329 g/mol. The number of hydrogen-bond acceptors (Lipinski definition) is 4. The summed E-state index contributed by atoms with van der Waals surface area (Å²) in [7, 11) is 0. The molecule has 1 aromatic heterocycles. The van der Waals surface area contributed by atoms with Crippen molar-refractivity contribution in [1.82, 2.24) is 14.5 Å². The van der Waals surface area contributed by atoms with Gasteiger partial charge in [0.1, 0.15) is 12.4 Å². The van der Waals surface area contributed by atoms with Crippen LogP contribution in [0.3, 0.4) is 0 Å². The van der Waals surface area contributed by atoms with Crippen molar-refractivity contribution in [1.29, 1.82) is 0 Å². The third-order valence-corrected chi connectivity index (χ3v) is 4.51. The number of carbonyl (C=O) groups is 1. The van der Waals surface area contributed by atoms with E-state index in [0.29, 0.717) is 19.7 Å². The Morgan fingerprint density at radius 1 is 1.29 bits per heavy atom. The van der Waals surface area contributed by atoms with E-state index in [1.807, 2.05) is 37.3 Å². The average Bonchev–Trinajstić information content (AvgIpc) is 3.01. The molecule has 0 radical (unpaired) electrons. The first kappa shape index (κ1) is 16.5. The number of piperidine rings is 1. The van der Waals surface area contributed by atoms with E-state index < -0.39 is 0 Å². The van der Waals surface area contributed by atoms with Gasteiger partial charge in [0.15, 0.2) is 0 Å². The molecule has 1 aromatic carbocycles. The van der Waals surface area contributed by atoms with Crippen LogP contribution in [0.2, 0.25) is 0 Å². The van der Waals surface area contributed by atoms with Crippen LogP contribution in [0.1, 0.15) is 36.0 Å². The SMILES string of the molecule is Cc1ncc(CO)n1C1CCN(C(=O)OCc2ccccc2)CC1. The van der Waals surface area contributed by atoms with Gasteiger partial charge in [0.2, 0.25) is 0 Å². The van der Waals surface area contributed by atoms with Crippen LogP contribution in [-0.4, -0.2) is 38.7 Å². The normalized spacial score (nSPS) is 15.5. The highest BCUT2D eigenvalue weighted by molar-refractivity contribution is 5.67. The molecule has 0 spiro atoms. The van der Waals surface area contributed by atoms with Gasteiger partial charge in [-0.05, 0) is 25.3 Å². The van der Waals surface area contributed by atoms with Crippen molar-refractivity contribution in [3.05, 3.63) is 53.6 Å². The molecule has 6 heteroatoms. The van der Waals surface area contributed by atoms with Crippen LogP contribution in [0.15, 0.2) is 36.5 Å². The van der Waals surface area contributed by atoms with E-state index in [2.05, 4.69) is 9.55 Å². The van der Waals surface area contributed by atoms with Gasteiger partial charge in [0.05, 0.1) is 18.5 Å². The van der Waals surface area contributed by atoms with Crippen molar-refractivity contribution < 1.29 is 14.6 Å². The summed E-state index contributed by atoms with van der Waals surface area (Å²) in [6.07, 6.45) is 3.13. The molecular formula is C18H23N3O3. The zero-order valence-corrected chi connectivity index (χ0v) is 13.9. The number of aromatic nitrogens is 2. The summed E-state index contributed by atoms with van der Waals surface area (Å²) in [4.78, 5) is 18.2. The molecule has 1 amide bonds. The number of amides is 1. The van der Waals surface area contributed by atoms with E-state index in [-0.39, 0.29) is 18.7 Å². The first-order valence-electron chi connectivity index (χ1n) is 8.28. The van der Waals surface area contributed by atoms with Crippen molar-refractivity contribution in [3.8, 4) is 0 Å². The second-order valence-corrected chi connectivity index (χ2v) is 6.08. The largest absolute Gasteiger partial charge is 0.445 e. The number of likely N-dealkylation sites (tertiary alicyclic amines) is 1. The van der Waals surface area contributed by atoms with Gasteiger partial charge >= 0.3 is 6.09 Å². The second kappa shape index (κ2) is 7.49. The summed E-state index contributed by atoms with van der Waals surface area (Å²) < 4.78 is 7.48. The minimum absolute atomic E-state index is 0.0137. The van der Waals surface area contributed by atoms with E-state index in [4.69, 9.17) is 4.74 Å². The molecule has 2 heterocycles. The Kier molecular flexibility index (Phi) is 5.15. The fourth-order valence-corrected chi connectivity index (χ4v) is 3.23. The van der Waals surface area contributed by atoms with Gasteiger partial charge in [0.25, 0.3) is 0 Å². The number of aliphatic hydroxyl groups excluding tert-OH is 1. The molecule has 1 fully saturated rings. The fourth-order valence-electron chi connectivity index (χ4n) is 3.23. The van der Waals surface area contributed by atoms with Crippen molar-refractivity contribution >= 4 is 6.09 Å². The van der Waals surface area contributed by atoms with Crippen LogP contribution >= 0.6 is 0 Å². The molecule has 1 aliphatic rings. The van der Waals surface area contributed by atoms with Gasteiger partial charge in [-0.15, -0.1) is 0 Å². The molecule has 0 atom stereocenters.